The Kier molecular flexibility index (Phi) is 5.07. The minimum absolute atomic E-state index is 0.152. The van der Waals surface area contributed by atoms with Gasteiger partial charge in [-0.15, -0.1) is 0 Å². The van der Waals surface area contributed by atoms with Crippen LogP contribution in [-0.4, -0.2) is 17.6 Å². The standard InChI is InChI=1S/C16H21N3/c17-10-4-7-15(18)11-16-9-8-14(12-19-16)13-5-2-1-3-6-13/h1-3,5-6,8-9,12,15H,4,7,10-11,17-18H2. The van der Waals surface area contributed by atoms with Gasteiger partial charge in [-0.3, -0.25) is 4.98 Å². The summed E-state index contributed by atoms with van der Waals surface area (Å²) in [6.07, 6.45) is 4.66. The Hall–Kier alpha value is -1.71. The molecular formula is C16H21N3. The highest BCUT2D eigenvalue weighted by Crippen LogP contribution is 2.18. The minimum atomic E-state index is 0.152. The maximum absolute atomic E-state index is 6.05. The largest absolute Gasteiger partial charge is 0.330 e. The van der Waals surface area contributed by atoms with Gasteiger partial charge in [-0.2, -0.15) is 0 Å². The molecule has 1 unspecified atom stereocenters. The van der Waals surface area contributed by atoms with Crippen LogP contribution in [0.15, 0.2) is 48.7 Å². The Labute approximate surface area is 114 Å². The van der Waals surface area contributed by atoms with Crippen molar-refractivity contribution in [1.29, 1.82) is 0 Å². The Morgan fingerprint density at radius 3 is 2.42 bits per heavy atom. The number of hydrogen-bond acceptors (Lipinski definition) is 3. The number of nitrogens with zero attached hydrogens (tertiary/aromatic N) is 1. The van der Waals surface area contributed by atoms with Crippen LogP contribution in [0.2, 0.25) is 0 Å². The number of nitrogens with two attached hydrogens (primary N) is 2. The number of aromatic nitrogens is 1. The summed E-state index contributed by atoms with van der Waals surface area (Å²) in [6, 6.07) is 14.6. The van der Waals surface area contributed by atoms with Crippen LogP contribution in [0.1, 0.15) is 18.5 Å². The van der Waals surface area contributed by atoms with Gasteiger partial charge in [0.1, 0.15) is 0 Å². The molecule has 0 amide bonds. The van der Waals surface area contributed by atoms with Gasteiger partial charge in [-0.25, -0.2) is 0 Å². The fourth-order valence-electron chi connectivity index (χ4n) is 2.10. The summed E-state index contributed by atoms with van der Waals surface area (Å²) in [4.78, 5) is 4.49. The van der Waals surface area contributed by atoms with E-state index in [2.05, 4.69) is 29.2 Å². The summed E-state index contributed by atoms with van der Waals surface area (Å²) < 4.78 is 0. The zero-order chi connectivity index (χ0) is 13.5. The second-order valence-electron chi connectivity index (χ2n) is 4.80. The molecule has 3 heteroatoms. The average molecular weight is 255 g/mol. The molecular weight excluding hydrogens is 234 g/mol. The predicted molar refractivity (Wildman–Crippen MR) is 79.6 cm³/mol. The first-order chi connectivity index (χ1) is 9.29. The number of rotatable bonds is 6. The lowest BCUT2D eigenvalue weighted by Gasteiger charge is -2.10. The zero-order valence-corrected chi connectivity index (χ0v) is 11.1. The van der Waals surface area contributed by atoms with E-state index in [1.54, 1.807) is 0 Å². The summed E-state index contributed by atoms with van der Waals surface area (Å²) >= 11 is 0. The summed E-state index contributed by atoms with van der Waals surface area (Å²) in [7, 11) is 0. The maximum Gasteiger partial charge on any atom is 0.0419 e. The van der Waals surface area contributed by atoms with Crippen molar-refractivity contribution in [2.24, 2.45) is 11.5 Å². The molecule has 0 bridgehead atoms. The van der Waals surface area contributed by atoms with E-state index in [1.165, 1.54) is 5.56 Å². The third kappa shape index (κ3) is 4.16. The van der Waals surface area contributed by atoms with Crippen LogP contribution in [0.25, 0.3) is 11.1 Å². The summed E-state index contributed by atoms with van der Waals surface area (Å²) in [5, 5.41) is 0. The summed E-state index contributed by atoms with van der Waals surface area (Å²) in [5.74, 6) is 0. The van der Waals surface area contributed by atoms with E-state index < -0.39 is 0 Å². The third-order valence-electron chi connectivity index (χ3n) is 3.18. The third-order valence-corrected chi connectivity index (χ3v) is 3.18. The van der Waals surface area contributed by atoms with Crippen LogP contribution in [0, 0.1) is 0 Å². The SMILES string of the molecule is NCCCC(N)Cc1ccc(-c2ccccc2)cn1. The van der Waals surface area contributed by atoms with E-state index >= 15 is 0 Å². The molecule has 0 saturated heterocycles. The molecule has 0 spiro atoms. The number of hydrogen-bond donors (Lipinski definition) is 2. The highest BCUT2D eigenvalue weighted by molar-refractivity contribution is 5.62. The van der Waals surface area contributed by atoms with Gasteiger partial charge in [0.05, 0.1) is 0 Å². The van der Waals surface area contributed by atoms with Gasteiger partial charge >= 0.3 is 0 Å². The summed E-state index contributed by atoms with van der Waals surface area (Å²) in [6.45, 7) is 0.702. The van der Waals surface area contributed by atoms with Crippen LogP contribution in [0.3, 0.4) is 0 Å². The topological polar surface area (TPSA) is 64.9 Å². The van der Waals surface area contributed by atoms with Gasteiger partial charge < -0.3 is 11.5 Å². The lowest BCUT2D eigenvalue weighted by Crippen LogP contribution is -2.24. The smallest absolute Gasteiger partial charge is 0.0419 e. The number of benzene rings is 1. The van der Waals surface area contributed by atoms with Gasteiger partial charge in [-0.1, -0.05) is 36.4 Å². The van der Waals surface area contributed by atoms with Crippen LogP contribution in [0.5, 0.6) is 0 Å². The highest BCUT2D eigenvalue weighted by Gasteiger charge is 2.05. The van der Waals surface area contributed by atoms with E-state index in [0.29, 0.717) is 6.54 Å². The molecule has 2 rings (SSSR count). The monoisotopic (exact) mass is 255 g/mol. The second-order valence-corrected chi connectivity index (χ2v) is 4.80. The van der Waals surface area contributed by atoms with E-state index in [0.717, 1.165) is 30.5 Å². The van der Waals surface area contributed by atoms with Crippen molar-refractivity contribution in [3.05, 3.63) is 54.4 Å². The molecule has 2 aromatic rings. The van der Waals surface area contributed by atoms with Crippen molar-refractivity contribution < 1.29 is 0 Å². The zero-order valence-electron chi connectivity index (χ0n) is 11.1. The molecule has 0 aliphatic carbocycles. The second kappa shape index (κ2) is 7.02. The van der Waals surface area contributed by atoms with E-state index in [4.69, 9.17) is 11.5 Å². The quantitative estimate of drug-likeness (QED) is 0.832. The van der Waals surface area contributed by atoms with Gasteiger partial charge in [0.2, 0.25) is 0 Å². The molecule has 4 N–H and O–H groups in total. The number of pyridine rings is 1. The molecule has 3 nitrogen and oxygen atoms in total. The van der Waals surface area contributed by atoms with Gasteiger partial charge in [0, 0.05) is 29.9 Å². The summed E-state index contributed by atoms with van der Waals surface area (Å²) in [5.41, 5.74) is 14.9. The molecule has 0 fully saturated rings. The Bertz CT molecular complexity index is 479. The van der Waals surface area contributed by atoms with Crippen LogP contribution in [0.4, 0.5) is 0 Å². The first kappa shape index (κ1) is 13.7. The van der Waals surface area contributed by atoms with Crippen LogP contribution in [-0.2, 0) is 6.42 Å². The lowest BCUT2D eigenvalue weighted by molar-refractivity contribution is 0.579. The molecule has 1 atom stereocenters. The minimum Gasteiger partial charge on any atom is -0.330 e. The van der Waals surface area contributed by atoms with Crippen molar-refractivity contribution >= 4 is 0 Å². The van der Waals surface area contributed by atoms with Crippen molar-refractivity contribution in [3.8, 4) is 11.1 Å². The first-order valence-electron chi connectivity index (χ1n) is 6.75. The average Bonchev–Trinajstić information content (AvgIpc) is 2.47. The predicted octanol–water partition coefficient (Wildman–Crippen LogP) is 2.36. The van der Waals surface area contributed by atoms with Crippen molar-refractivity contribution in [2.75, 3.05) is 6.54 Å². The Morgan fingerprint density at radius 1 is 1.00 bits per heavy atom. The van der Waals surface area contributed by atoms with Gasteiger partial charge in [0.15, 0.2) is 0 Å². The molecule has 0 aliphatic heterocycles. The fraction of sp³-hybridized carbons (Fsp3) is 0.312. The maximum atomic E-state index is 6.05. The van der Waals surface area contributed by atoms with E-state index in [-0.39, 0.29) is 6.04 Å². The van der Waals surface area contributed by atoms with E-state index in [9.17, 15) is 0 Å². The Balaban J connectivity index is 1.99. The highest BCUT2D eigenvalue weighted by atomic mass is 14.7. The fourth-order valence-corrected chi connectivity index (χ4v) is 2.10. The molecule has 1 aromatic carbocycles. The molecule has 1 aromatic heterocycles. The molecule has 0 radical (unpaired) electrons. The molecule has 0 saturated carbocycles. The molecule has 0 aliphatic rings. The first-order valence-corrected chi connectivity index (χ1v) is 6.75. The Morgan fingerprint density at radius 2 is 1.79 bits per heavy atom. The van der Waals surface area contributed by atoms with Crippen molar-refractivity contribution in [1.82, 2.24) is 4.98 Å². The molecule has 19 heavy (non-hydrogen) atoms. The van der Waals surface area contributed by atoms with Crippen molar-refractivity contribution in [3.63, 3.8) is 0 Å². The van der Waals surface area contributed by atoms with Crippen LogP contribution >= 0.6 is 0 Å². The normalized spacial score (nSPS) is 12.3. The van der Waals surface area contributed by atoms with Gasteiger partial charge in [-0.05, 0) is 31.0 Å². The van der Waals surface area contributed by atoms with E-state index in [1.807, 2.05) is 24.4 Å². The van der Waals surface area contributed by atoms with Crippen LogP contribution < -0.4 is 11.5 Å². The lowest BCUT2D eigenvalue weighted by atomic mass is 10.0. The molecule has 100 valence electrons. The van der Waals surface area contributed by atoms with Crippen molar-refractivity contribution in [2.45, 2.75) is 25.3 Å². The molecule has 1 heterocycles. The van der Waals surface area contributed by atoms with Gasteiger partial charge in [0.25, 0.3) is 0 Å².